The zero-order valence-electron chi connectivity index (χ0n) is 9.45. The number of nitrogens with zero attached hydrogens (tertiary/aromatic N) is 1. The highest BCUT2D eigenvalue weighted by molar-refractivity contribution is 9.10. The lowest BCUT2D eigenvalue weighted by molar-refractivity contribution is -0.138. The number of piperidine rings is 1. The smallest absolute Gasteiger partial charge is 0.225 e. The van der Waals surface area contributed by atoms with Crippen molar-refractivity contribution in [3.05, 3.63) is 34.3 Å². The fraction of sp³-hybridized carbons (Fsp3) is 0.462. The molecule has 1 fully saturated rings. The summed E-state index contributed by atoms with van der Waals surface area (Å²) < 4.78 is 1.07. The summed E-state index contributed by atoms with van der Waals surface area (Å²) in [6.45, 7) is 3.66. The van der Waals surface area contributed by atoms with Crippen LogP contribution < -0.4 is 0 Å². The van der Waals surface area contributed by atoms with Crippen LogP contribution >= 0.6 is 15.9 Å². The topological polar surface area (TPSA) is 20.3 Å². The third kappa shape index (κ3) is 2.64. The minimum atomic E-state index is 0.195. The molecule has 1 amide bonds. The van der Waals surface area contributed by atoms with Crippen LogP contribution in [0.5, 0.6) is 0 Å². The zero-order valence-corrected chi connectivity index (χ0v) is 11.0. The summed E-state index contributed by atoms with van der Waals surface area (Å²) in [6, 6.07) is 8.16. The van der Waals surface area contributed by atoms with E-state index in [2.05, 4.69) is 28.1 Å². The van der Waals surface area contributed by atoms with E-state index in [0.717, 1.165) is 30.4 Å². The largest absolute Gasteiger partial charge is 0.338 e. The Balaban J connectivity index is 2.06. The van der Waals surface area contributed by atoms with Gasteiger partial charge in [0.05, 0.1) is 0 Å². The summed E-state index contributed by atoms with van der Waals surface area (Å²) in [5.74, 6) is 0.493. The van der Waals surface area contributed by atoms with Gasteiger partial charge in [-0.25, -0.2) is 0 Å². The monoisotopic (exact) mass is 281 g/mol. The van der Waals surface area contributed by atoms with Crippen LogP contribution in [-0.2, 0) is 11.3 Å². The van der Waals surface area contributed by atoms with E-state index < -0.39 is 0 Å². The van der Waals surface area contributed by atoms with Crippen LogP contribution in [0.25, 0.3) is 0 Å². The van der Waals surface area contributed by atoms with Crippen molar-refractivity contribution in [2.75, 3.05) is 6.54 Å². The first-order valence-electron chi connectivity index (χ1n) is 5.70. The number of halogens is 1. The van der Waals surface area contributed by atoms with Crippen molar-refractivity contribution < 1.29 is 4.79 Å². The van der Waals surface area contributed by atoms with Gasteiger partial charge >= 0.3 is 0 Å². The Morgan fingerprint density at radius 2 is 2.31 bits per heavy atom. The van der Waals surface area contributed by atoms with Crippen molar-refractivity contribution in [2.45, 2.75) is 26.3 Å². The van der Waals surface area contributed by atoms with Gasteiger partial charge in [-0.15, -0.1) is 0 Å². The number of amides is 1. The summed E-state index contributed by atoms with van der Waals surface area (Å²) >= 11 is 3.45. The number of carbonyl (C=O) groups excluding carboxylic acids is 1. The van der Waals surface area contributed by atoms with Gasteiger partial charge < -0.3 is 4.90 Å². The Bertz CT molecular complexity index is 391. The average molecular weight is 282 g/mol. The van der Waals surface area contributed by atoms with E-state index in [-0.39, 0.29) is 5.92 Å². The van der Waals surface area contributed by atoms with E-state index in [4.69, 9.17) is 0 Å². The van der Waals surface area contributed by atoms with E-state index >= 15 is 0 Å². The molecule has 0 bridgehead atoms. The van der Waals surface area contributed by atoms with Crippen LogP contribution in [0.4, 0.5) is 0 Å². The molecule has 1 aromatic rings. The third-order valence-electron chi connectivity index (χ3n) is 3.06. The van der Waals surface area contributed by atoms with Crippen LogP contribution in [0, 0.1) is 5.92 Å². The fourth-order valence-electron chi connectivity index (χ4n) is 2.15. The predicted octanol–water partition coefficient (Wildman–Crippen LogP) is 3.21. The Kier molecular flexibility index (Phi) is 3.64. The SMILES string of the molecule is CC1CCCN(Cc2cccc(Br)c2)C1=O. The average Bonchev–Trinajstić information content (AvgIpc) is 2.25. The number of rotatable bonds is 2. The van der Waals surface area contributed by atoms with Crippen LogP contribution in [0.1, 0.15) is 25.3 Å². The molecule has 1 aliphatic heterocycles. The van der Waals surface area contributed by atoms with Gasteiger partial charge in [-0.05, 0) is 30.5 Å². The van der Waals surface area contributed by atoms with Crippen molar-refractivity contribution in [1.29, 1.82) is 0 Å². The molecular formula is C13H16BrNO. The van der Waals surface area contributed by atoms with Crippen LogP contribution in [-0.4, -0.2) is 17.4 Å². The molecule has 0 N–H and O–H groups in total. The number of hydrogen-bond acceptors (Lipinski definition) is 1. The van der Waals surface area contributed by atoms with Gasteiger partial charge in [0.2, 0.25) is 5.91 Å². The molecule has 1 aromatic carbocycles. The minimum Gasteiger partial charge on any atom is -0.338 e. The number of hydrogen-bond donors (Lipinski definition) is 0. The number of likely N-dealkylation sites (tertiary alicyclic amines) is 1. The van der Waals surface area contributed by atoms with Gasteiger partial charge in [-0.1, -0.05) is 35.0 Å². The Hall–Kier alpha value is -0.830. The molecule has 3 heteroatoms. The fourth-order valence-corrected chi connectivity index (χ4v) is 2.59. The second kappa shape index (κ2) is 5.00. The Labute approximate surface area is 105 Å². The maximum absolute atomic E-state index is 11.9. The lowest BCUT2D eigenvalue weighted by Gasteiger charge is -2.30. The third-order valence-corrected chi connectivity index (χ3v) is 3.55. The summed E-state index contributed by atoms with van der Waals surface area (Å²) in [5.41, 5.74) is 1.19. The molecule has 0 radical (unpaired) electrons. The van der Waals surface area contributed by atoms with Gasteiger partial charge in [-0.2, -0.15) is 0 Å². The maximum Gasteiger partial charge on any atom is 0.225 e. The molecule has 1 aliphatic rings. The predicted molar refractivity (Wildman–Crippen MR) is 68.0 cm³/mol. The molecule has 0 spiro atoms. The Morgan fingerprint density at radius 3 is 3.06 bits per heavy atom. The van der Waals surface area contributed by atoms with E-state index in [9.17, 15) is 4.79 Å². The highest BCUT2D eigenvalue weighted by atomic mass is 79.9. The normalized spacial score (nSPS) is 21.2. The van der Waals surface area contributed by atoms with Crippen LogP contribution in [0.2, 0.25) is 0 Å². The molecule has 1 heterocycles. The van der Waals surface area contributed by atoms with Gasteiger partial charge in [-0.3, -0.25) is 4.79 Å². The number of benzene rings is 1. The van der Waals surface area contributed by atoms with Crippen molar-refractivity contribution >= 4 is 21.8 Å². The van der Waals surface area contributed by atoms with Gasteiger partial charge in [0.25, 0.3) is 0 Å². The minimum absolute atomic E-state index is 0.195. The molecule has 0 saturated carbocycles. The summed E-state index contributed by atoms with van der Waals surface area (Å²) in [7, 11) is 0. The van der Waals surface area contributed by atoms with Gasteiger partial charge in [0, 0.05) is 23.5 Å². The molecule has 2 nitrogen and oxygen atoms in total. The molecule has 1 unspecified atom stereocenters. The van der Waals surface area contributed by atoms with E-state index in [1.807, 2.05) is 24.0 Å². The molecule has 1 atom stereocenters. The van der Waals surface area contributed by atoms with Crippen molar-refractivity contribution in [1.82, 2.24) is 4.90 Å². The van der Waals surface area contributed by atoms with E-state index in [0.29, 0.717) is 5.91 Å². The van der Waals surface area contributed by atoms with E-state index in [1.54, 1.807) is 0 Å². The highest BCUT2D eigenvalue weighted by Gasteiger charge is 2.24. The quantitative estimate of drug-likeness (QED) is 0.815. The first-order chi connectivity index (χ1) is 7.66. The van der Waals surface area contributed by atoms with Crippen LogP contribution in [0.15, 0.2) is 28.7 Å². The highest BCUT2D eigenvalue weighted by Crippen LogP contribution is 2.20. The van der Waals surface area contributed by atoms with Gasteiger partial charge in [0.15, 0.2) is 0 Å². The lowest BCUT2D eigenvalue weighted by Crippen LogP contribution is -2.39. The zero-order chi connectivity index (χ0) is 11.5. The summed E-state index contributed by atoms with van der Waals surface area (Å²) in [4.78, 5) is 13.9. The van der Waals surface area contributed by atoms with Crippen LogP contribution in [0.3, 0.4) is 0 Å². The molecule has 0 aromatic heterocycles. The number of carbonyl (C=O) groups is 1. The second-order valence-electron chi connectivity index (χ2n) is 4.43. The van der Waals surface area contributed by atoms with E-state index in [1.165, 1.54) is 5.56 Å². The molecule has 1 saturated heterocycles. The van der Waals surface area contributed by atoms with Crippen molar-refractivity contribution in [3.63, 3.8) is 0 Å². The molecular weight excluding hydrogens is 266 g/mol. The Morgan fingerprint density at radius 1 is 1.50 bits per heavy atom. The lowest BCUT2D eigenvalue weighted by atomic mass is 9.99. The molecule has 0 aliphatic carbocycles. The van der Waals surface area contributed by atoms with Crippen molar-refractivity contribution in [3.8, 4) is 0 Å². The first-order valence-corrected chi connectivity index (χ1v) is 6.49. The summed E-state index contributed by atoms with van der Waals surface area (Å²) in [6.07, 6.45) is 2.16. The standard InChI is InChI=1S/C13H16BrNO/c1-10-4-3-7-15(13(10)16)9-11-5-2-6-12(14)8-11/h2,5-6,8,10H,3-4,7,9H2,1H3. The maximum atomic E-state index is 11.9. The van der Waals surface area contributed by atoms with Gasteiger partial charge in [0.1, 0.15) is 0 Å². The summed E-state index contributed by atoms with van der Waals surface area (Å²) in [5, 5.41) is 0. The molecule has 2 rings (SSSR count). The first kappa shape index (κ1) is 11.6. The van der Waals surface area contributed by atoms with Crippen molar-refractivity contribution in [2.24, 2.45) is 5.92 Å². The second-order valence-corrected chi connectivity index (χ2v) is 5.35. The molecule has 16 heavy (non-hydrogen) atoms. The molecule has 86 valence electrons.